The standard InChI is InChI=1S/C15H19N3O2/c16-10-12-3-5-14(6-4-12)20-9-8-18-7-1-2-13(11-18)15(17)19/h3-6,13H,1-2,7-9,11H2,(H2,17,19). The first-order valence-corrected chi connectivity index (χ1v) is 6.83. The molecule has 1 amide bonds. The molecule has 2 N–H and O–H groups in total. The Labute approximate surface area is 118 Å². The molecule has 0 saturated carbocycles. The van der Waals surface area contributed by atoms with E-state index in [0.717, 1.165) is 38.2 Å². The SMILES string of the molecule is N#Cc1ccc(OCCN2CCCC(C(N)=O)C2)cc1. The van der Waals surface area contributed by atoms with Gasteiger partial charge in [0.15, 0.2) is 0 Å². The smallest absolute Gasteiger partial charge is 0.221 e. The van der Waals surface area contributed by atoms with Crippen LogP contribution in [0.25, 0.3) is 0 Å². The Morgan fingerprint density at radius 3 is 2.85 bits per heavy atom. The van der Waals surface area contributed by atoms with Crippen LogP contribution in [-0.4, -0.2) is 37.0 Å². The number of carbonyl (C=O) groups is 1. The van der Waals surface area contributed by atoms with Gasteiger partial charge < -0.3 is 10.5 Å². The minimum atomic E-state index is -0.206. The van der Waals surface area contributed by atoms with E-state index < -0.39 is 0 Å². The summed E-state index contributed by atoms with van der Waals surface area (Å²) < 4.78 is 5.64. The molecule has 0 aromatic heterocycles. The highest BCUT2D eigenvalue weighted by Crippen LogP contribution is 2.16. The number of nitrogens with zero attached hydrogens (tertiary/aromatic N) is 2. The summed E-state index contributed by atoms with van der Waals surface area (Å²) in [5.74, 6) is 0.522. The molecule has 1 aliphatic heterocycles. The molecule has 0 spiro atoms. The van der Waals surface area contributed by atoms with Crippen LogP contribution in [0.4, 0.5) is 0 Å². The molecule has 0 radical (unpaired) electrons. The number of nitrogens with two attached hydrogens (primary N) is 1. The Balaban J connectivity index is 1.75. The second-order valence-electron chi connectivity index (χ2n) is 5.03. The molecule has 5 nitrogen and oxygen atoms in total. The van der Waals surface area contributed by atoms with Crippen molar-refractivity contribution >= 4 is 5.91 Å². The fourth-order valence-corrected chi connectivity index (χ4v) is 2.41. The van der Waals surface area contributed by atoms with Crippen LogP contribution in [0.3, 0.4) is 0 Å². The molecule has 1 fully saturated rings. The van der Waals surface area contributed by atoms with E-state index in [1.165, 1.54) is 0 Å². The van der Waals surface area contributed by atoms with Crippen LogP contribution in [-0.2, 0) is 4.79 Å². The van der Waals surface area contributed by atoms with E-state index in [4.69, 9.17) is 15.7 Å². The third kappa shape index (κ3) is 3.97. The number of rotatable bonds is 5. The molecular weight excluding hydrogens is 254 g/mol. The summed E-state index contributed by atoms with van der Waals surface area (Å²) in [6, 6.07) is 9.13. The van der Waals surface area contributed by atoms with Crippen molar-refractivity contribution in [3.8, 4) is 11.8 Å². The van der Waals surface area contributed by atoms with Crippen molar-refractivity contribution in [2.45, 2.75) is 12.8 Å². The molecule has 1 aliphatic rings. The summed E-state index contributed by atoms with van der Waals surface area (Å²) in [5, 5.41) is 8.71. The molecule has 106 valence electrons. The minimum absolute atomic E-state index is 0.0290. The predicted molar refractivity (Wildman–Crippen MR) is 75.0 cm³/mol. The van der Waals surface area contributed by atoms with E-state index in [1.807, 2.05) is 0 Å². The van der Waals surface area contributed by atoms with Gasteiger partial charge in [0.2, 0.25) is 5.91 Å². The van der Waals surface area contributed by atoms with E-state index in [0.29, 0.717) is 12.2 Å². The van der Waals surface area contributed by atoms with Crippen LogP contribution in [0.1, 0.15) is 18.4 Å². The highest BCUT2D eigenvalue weighted by Gasteiger charge is 2.23. The number of carbonyl (C=O) groups excluding carboxylic acids is 1. The van der Waals surface area contributed by atoms with E-state index in [9.17, 15) is 4.79 Å². The zero-order valence-electron chi connectivity index (χ0n) is 11.4. The molecular formula is C15H19N3O2. The fourth-order valence-electron chi connectivity index (χ4n) is 2.41. The number of likely N-dealkylation sites (tertiary alicyclic amines) is 1. The van der Waals surface area contributed by atoms with Gasteiger partial charge >= 0.3 is 0 Å². The van der Waals surface area contributed by atoms with Crippen LogP contribution in [0, 0.1) is 17.2 Å². The predicted octanol–water partition coefficient (Wildman–Crippen LogP) is 1.13. The number of hydrogen-bond donors (Lipinski definition) is 1. The van der Waals surface area contributed by atoms with Crippen LogP contribution in [0.2, 0.25) is 0 Å². The Bertz CT molecular complexity index is 493. The molecule has 2 rings (SSSR count). The van der Waals surface area contributed by atoms with Crippen LogP contribution in [0.5, 0.6) is 5.75 Å². The lowest BCUT2D eigenvalue weighted by Gasteiger charge is -2.30. The van der Waals surface area contributed by atoms with Gasteiger partial charge in [-0.3, -0.25) is 9.69 Å². The maximum Gasteiger partial charge on any atom is 0.221 e. The summed E-state index contributed by atoms with van der Waals surface area (Å²) in [4.78, 5) is 13.4. The third-order valence-corrected chi connectivity index (χ3v) is 3.57. The second-order valence-corrected chi connectivity index (χ2v) is 5.03. The molecule has 5 heteroatoms. The lowest BCUT2D eigenvalue weighted by Crippen LogP contribution is -2.42. The van der Waals surface area contributed by atoms with Crippen molar-refractivity contribution < 1.29 is 9.53 Å². The lowest BCUT2D eigenvalue weighted by molar-refractivity contribution is -0.123. The van der Waals surface area contributed by atoms with Crippen LogP contribution < -0.4 is 10.5 Å². The molecule has 1 unspecified atom stereocenters. The van der Waals surface area contributed by atoms with Gasteiger partial charge in [-0.15, -0.1) is 0 Å². The van der Waals surface area contributed by atoms with Gasteiger partial charge in [-0.05, 0) is 43.7 Å². The highest BCUT2D eigenvalue weighted by molar-refractivity contribution is 5.76. The number of ether oxygens (including phenoxy) is 1. The summed E-state index contributed by atoms with van der Waals surface area (Å²) in [6.07, 6.45) is 1.90. The quantitative estimate of drug-likeness (QED) is 0.872. The van der Waals surface area contributed by atoms with Gasteiger partial charge in [0.1, 0.15) is 12.4 Å². The lowest BCUT2D eigenvalue weighted by atomic mass is 9.98. The van der Waals surface area contributed by atoms with Gasteiger partial charge in [0, 0.05) is 13.1 Å². The first-order chi connectivity index (χ1) is 9.69. The Morgan fingerprint density at radius 1 is 1.45 bits per heavy atom. The minimum Gasteiger partial charge on any atom is -0.492 e. The summed E-state index contributed by atoms with van der Waals surface area (Å²) in [5.41, 5.74) is 5.98. The summed E-state index contributed by atoms with van der Waals surface area (Å²) in [6.45, 7) is 3.06. The first-order valence-electron chi connectivity index (χ1n) is 6.83. The zero-order valence-corrected chi connectivity index (χ0v) is 11.4. The normalized spacial score (nSPS) is 19.2. The first kappa shape index (κ1) is 14.4. The van der Waals surface area contributed by atoms with Gasteiger partial charge in [-0.2, -0.15) is 5.26 Å². The molecule has 20 heavy (non-hydrogen) atoms. The van der Waals surface area contributed by atoms with Crippen molar-refractivity contribution in [2.75, 3.05) is 26.2 Å². The van der Waals surface area contributed by atoms with Crippen molar-refractivity contribution in [1.29, 1.82) is 5.26 Å². The molecule has 1 aromatic carbocycles. The molecule has 0 aliphatic carbocycles. The topological polar surface area (TPSA) is 79.3 Å². The van der Waals surface area contributed by atoms with Gasteiger partial charge in [-0.25, -0.2) is 0 Å². The number of nitriles is 1. The maximum atomic E-state index is 11.2. The zero-order chi connectivity index (χ0) is 14.4. The average Bonchev–Trinajstić information content (AvgIpc) is 2.48. The van der Waals surface area contributed by atoms with E-state index in [-0.39, 0.29) is 11.8 Å². The van der Waals surface area contributed by atoms with Gasteiger partial charge in [-0.1, -0.05) is 0 Å². The average molecular weight is 273 g/mol. The van der Waals surface area contributed by atoms with Crippen molar-refractivity contribution in [3.05, 3.63) is 29.8 Å². The number of hydrogen-bond acceptors (Lipinski definition) is 4. The van der Waals surface area contributed by atoms with Crippen molar-refractivity contribution in [1.82, 2.24) is 4.90 Å². The van der Waals surface area contributed by atoms with Gasteiger partial charge in [0.25, 0.3) is 0 Å². The Kier molecular flexibility index (Phi) is 4.97. The largest absolute Gasteiger partial charge is 0.492 e. The van der Waals surface area contributed by atoms with E-state index in [2.05, 4.69) is 11.0 Å². The van der Waals surface area contributed by atoms with Gasteiger partial charge in [0.05, 0.1) is 17.6 Å². The molecule has 1 aromatic rings. The number of primary amides is 1. The fraction of sp³-hybridized carbons (Fsp3) is 0.467. The number of benzene rings is 1. The monoisotopic (exact) mass is 273 g/mol. The van der Waals surface area contributed by atoms with E-state index >= 15 is 0 Å². The number of amides is 1. The molecule has 1 saturated heterocycles. The number of piperidine rings is 1. The van der Waals surface area contributed by atoms with Crippen LogP contribution in [0.15, 0.2) is 24.3 Å². The summed E-state index contributed by atoms with van der Waals surface area (Å²) in [7, 11) is 0. The van der Waals surface area contributed by atoms with Crippen LogP contribution >= 0.6 is 0 Å². The molecule has 0 bridgehead atoms. The maximum absolute atomic E-state index is 11.2. The Morgan fingerprint density at radius 2 is 2.20 bits per heavy atom. The summed E-state index contributed by atoms with van der Waals surface area (Å²) >= 11 is 0. The highest BCUT2D eigenvalue weighted by atomic mass is 16.5. The van der Waals surface area contributed by atoms with E-state index in [1.54, 1.807) is 24.3 Å². The molecule has 1 atom stereocenters. The Hall–Kier alpha value is -2.06. The van der Waals surface area contributed by atoms with Crippen molar-refractivity contribution in [2.24, 2.45) is 11.7 Å². The van der Waals surface area contributed by atoms with Crippen molar-refractivity contribution in [3.63, 3.8) is 0 Å². The third-order valence-electron chi connectivity index (χ3n) is 3.57. The molecule has 1 heterocycles. The second kappa shape index (κ2) is 6.92.